The van der Waals surface area contributed by atoms with E-state index in [-0.39, 0.29) is 41.3 Å². The lowest BCUT2D eigenvalue weighted by molar-refractivity contribution is 0.190. The molecular formula is C17H19F2N5O5S2. The number of nitrogens with zero attached hydrogens (tertiary/aromatic N) is 3. The number of thioether (sulfide) groups is 1. The van der Waals surface area contributed by atoms with Crippen LogP contribution in [0.5, 0.6) is 5.88 Å². The third-order valence-electron chi connectivity index (χ3n) is 4.33. The molecule has 1 aromatic carbocycles. The predicted octanol–water partition coefficient (Wildman–Crippen LogP) is 2.05. The molecule has 1 unspecified atom stereocenters. The van der Waals surface area contributed by atoms with E-state index < -0.39 is 34.0 Å². The highest BCUT2D eigenvalue weighted by molar-refractivity contribution is 7.98. The fourth-order valence-corrected chi connectivity index (χ4v) is 4.91. The van der Waals surface area contributed by atoms with E-state index in [0.717, 1.165) is 22.1 Å². The normalized spacial score (nSPS) is 16.8. The van der Waals surface area contributed by atoms with Gasteiger partial charge in [0.05, 0.1) is 7.11 Å². The molecule has 1 atom stereocenters. The lowest BCUT2D eigenvalue weighted by atomic mass is 10.2. The van der Waals surface area contributed by atoms with Crippen LogP contribution in [0.4, 0.5) is 19.4 Å². The Bertz CT molecular complexity index is 1070. The van der Waals surface area contributed by atoms with Gasteiger partial charge in [-0.2, -0.15) is 17.7 Å². The molecule has 10 nitrogen and oxygen atoms in total. The monoisotopic (exact) mass is 475 g/mol. The van der Waals surface area contributed by atoms with Gasteiger partial charge in [0.25, 0.3) is 0 Å². The van der Waals surface area contributed by atoms with E-state index in [4.69, 9.17) is 9.84 Å². The third kappa shape index (κ3) is 5.92. The average molecular weight is 475 g/mol. The van der Waals surface area contributed by atoms with Gasteiger partial charge >= 0.3 is 16.3 Å². The van der Waals surface area contributed by atoms with Gasteiger partial charge < -0.3 is 15.2 Å². The summed E-state index contributed by atoms with van der Waals surface area (Å²) in [7, 11) is -2.68. The molecule has 2 aromatic rings. The first-order chi connectivity index (χ1) is 14.7. The number of nitrogens with one attached hydrogen (secondary N) is 2. The van der Waals surface area contributed by atoms with E-state index in [0.29, 0.717) is 6.42 Å². The fraction of sp³-hybridized carbons (Fsp3) is 0.353. The number of hydrogen-bond acceptors (Lipinski definition) is 7. The van der Waals surface area contributed by atoms with Crippen LogP contribution in [0.25, 0.3) is 0 Å². The highest BCUT2D eigenvalue weighted by atomic mass is 32.2. The lowest BCUT2D eigenvalue weighted by Gasteiger charge is -2.18. The Balaban J connectivity index is 1.73. The molecule has 0 saturated carbocycles. The number of carbonyl (C=O) groups is 1. The number of benzene rings is 1. The SMILES string of the molecule is COc1cc(NS(=O)(=O)N2CCC(NC(=O)O)C2)nc(SCc2cccc(F)c2F)n1. The summed E-state index contributed by atoms with van der Waals surface area (Å²) in [6.45, 7) is 0.104. The molecule has 1 fully saturated rings. The molecule has 0 radical (unpaired) electrons. The zero-order valence-electron chi connectivity index (χ0n) is 16.2. The Morgan fingerprint density at radius 3 is 2.87 bits per heavy atom. The standard InChI is InChI=1S/C17H19F2N5O5S2/c1-29-14-7-13(23-31(27,28)24-6-5-11(8-24)20-17(25)26)21-16(22-14)30-9-10-3-2-4-12(18)15(10)19/h2-4,7,11,20H,5-6,8-9H2,1H3,(H,25,26)(H,21,22,23). The van der Waals surface area contributed by atoms with Crippen molar-refractivity contribution in [3.63, 3.8) is 0 Å². The number of aromatic nitrogens is 2. The minimum atomic E-state index is -4.02. The molecule has 1 aromatic heterocycles. The number of rotatable bonds is 8. The Kier molecular flexibility index (Phi) is 7.12. The number of amides is 1. The van der Waals surface area contributed by atoms with Gasteiger partial charge in [0.15, 0.2) is 16.8 Å². The van der Waals surface area contributed by atoms with Crippen molar-refractivity contribution < 1.29 is 31.8 Å². The highest BCUT2D eigenvalue weighted by Crippen LogP contribution is 2.26. The molecule has 2 heterocycles. The van der Waals surface area contributed by atoms with Gasteiger partial charge in [-0.1, -0.05) is 23.9 Å². The second kappa shape index (κ2) is 9.62. The largest absolute Gasteiger partial charge is 0.481 e. The molecular weight excluding hydrogens is 456 g/mol. The number of hydrogen-bond donors (Lipinski definition) is 3. The van der Waals surface area contributed by atoms with Crippen LogP contribution in [0, 0.1) is 11.6 Å². The van der Waals surface area contributed by atoms with Crippen LogP contribution >= 0.6 is 11.8 Å². The van der Waals surface area contributed by atoms with Crippen LogP contribution in [0.3, 0.4) is 0 Å². The van der Waals surface area contributed by atoms with Gasteiger partial charge in [-0.25, -0.2) is 18.6 Å². The molecule has 1 saturated heterocycles. The number of ether oxygens (including phenoxy) is 1. The first-order valence-electron chi connectivity index (χ1n) is 8.94. The molecule has 0 spiro atoms. The maximum atomic E-state index is 13.8. The van der Waals surface area contributed by atoms with E-state index >= 15 is 0 Å². The molecule has 0 bridgehead atoms. The van der Waals surface area contributed by atoms with Crippen LogP contribution in [0.15, 0.2) is 29.4 Å². The first kappa shape index (κ1) is 23.0. The van der Waals surface area contributed by atoms with E-state index in [1.165, 1.54) is 25.3 Å². The summed E-state index contributed by atoms with van der Waals surface area (Å²) in [5, 5.41) is 11.1. The first-order valence-corrected chi connectivity index (χ1v) is 11.4. The van der Waals surface area contributed by atoms with Crippen LogP contribution < -0.4 is 14.8 Å². The van der Waals surface area contributed by atoms with Crippen molar-refractivity contribution in [2.24, 2.45) is 0 Å². The quantitative estimate of drug-likeness (QED) is 0.390. The molecule has 1 amide bonds. The van der Waals surface area contributed by atoms with Crippen LogP contribution in [0.1, 0.15) is 12.0 Å². The molecule has 1 aliphatic rings. The molecule has 31 heavy (non-hydrogen) atoms. The van der Waals surface area contributed by atoms with Gasteiger partial charge in [-0.3, -0.25) is 4.72 Å². The van der Waals surface area contributed by atoms with Crippen molar-refractivity contribution in [2.75, 3.05) is 24.9 Å². The molecule has 1 aliphatic heterocycles. The van der Waals surface area contributed by atoms with Crippen molar-refractivity contribution in [2.45, 2.75) is 23.4 Å². The topological polar surface area (TPSA) is 134 Å². The maximum Gasteiger partial charge on any atom is 0.404 e. The zero-order chi connectivity index (χ0) is 22.6. The minimum absolute atomic E-state index is 0.0115. The number of halogens is 2. The second-order valence-electron chi connectivity index (χ2n) is 6.48. The molecule has 168 valence electrons. The van der Waals surface area contributed by atoms with Crippen LogP contribution in [-0.4, -0.2) is 60.1 Å². The molecule has 14 heteroatoms. The van der Waals surface area contributed by atoms with E-state index in [2.05, 4.69) is 20.0 Å². The molecule has 0 aliphatic carbocycles. The van der Waals surface area contributed by atoms with Crippen molar-refractivity contribution in [1.82, 2.24) is 19.6 Å². The van der Waals surface area contributed by atoms with Crippen molar-refractivity contribution >= 4 is 33.9 Å². The summed E-state index contributed by atoms with van der Waals surface area (Å²) in [5.41, 5.74) is 0.104. The van der Waals surface area contributed by atoms with Crippen LogP contribution in [-0.2, 0) is 16.0 Å². The molecule has 3 N–H and O–H groups in total. The van der Waals surface area contributed by atoms with Gasteiger partial charge in [-0.05, 0) is 12.5 Å². The fourth-order valence-electron chi connectivity index (χ4n) is 2.86. The van der Waals surface area contributed by atoms with E-state index in [9.17, 15) is 22.0 Å². The van der Waals surface area contributed by atoms with Gasteiger partial charge in [0.1, 0.15) is 5.82 Å². The summed E-state index contributed by atoms with van der Waals surface area (Å²) in [4.78, 5) is 18.9. The van der Waals surface area contributed by atoms with E-state index in [1.54, 1.807) is 0 Å². The summed E-state index contributed by atoms with van der Waals surface area (Å²) in [6, 6.07) is 4.56. The number of carboxylic acid groups (broad SMARTS) is 1. The Labute approximate surface area is 181 Å². The summed E-state index contributed by atoms with van der Waals surface area (Å²) >= 11 is 0.973. The van der Waals surface area contributed by atoms with Crippen LogP contribution in [0.2, 0.25) is 0 Å². The molecule has 3 rings (SSSR count). The summed E-state index contributed by atoms with van der Waals surface area (Å²) < 4.78 is 61.0. The Morgan fingerprint density at radius 1 is 1.39 bits per heavy atom. The Morgan fingerprint density at radius 2 is 2.16 bits per heavy atom. The van der Waals surface area contributed by atoms with Gasteiger partial charge in [0.2, 0.25) is 5.88 Å². The summed E-state index contributed by atoms with van der Waals surface area (Å²) in [6.07, 6.45) is -0.894. The van der Waals surface area contributed by atoms with Gasteiger partial charge in [-0.15, -0.1) is 0 Å². The highest BCUT2D eigenvalue weighted by Gasteiger charge is 2.32. The third-order valence-corrected chi connectivity index (χ3v) is 6.71. The van der Waals surface area contributed by atoms with Crippen molar-refractivity contribution in [1.29, 1.82) is 0 Å². The second-order valence-corrected chi connectivity index (χ2v) is 9.09. The van der Waals surface area contributed by atoms with Crippen molar-refractivity contribution in [3.05, 3.63) is 41.5 Å². The maximum absolute atomic E-state index is 13.8. The van der Waals surface area contributed by atoms with Crippen molar-refractivity contribution in [3.8, 4) is 5.88 Å². The number of methoxy groups -OCH3 is 1. The van der Waals surface area contributed by atoms with Gasteiger partial charge in [0, 0.05) is 36.5 Å². The minimum Gasteiger partial charge on any atom is -0.481 e. The number of anilines is 1. The summed E-state index contributed by atoms with van der Waals surface area (Å²) in [5.74, 6) is -1.94. The predicted molar refractivity (Wildman–Crippen MR) is 108 cm³/mol. The zero-order valence-corrected chi connectivity index (χ0v) is 17.8. The average Bonchev–Trinajstić information content (AvgIpc) is 3.17. The van der Waals surface area contributed by atoms with E-state index in [1.807, 2.05) is 0 Å². The Hall–Kier alpha value is -2.71. The smallest absolute Gasteiger partial charge is 0.404 e. The lowest BCUT2D eigenvalue weighted by Crippen LogP contribution is -2.39.